The summed E-state index contributed by atoms with van der Waals surface area (Å²) in [6, 6.07) is 18.9. The first kappa shape index (κ1) is 29.0. The summed E-state index contributed by atoms with van der Waals surface area (Å²) in [5.41, 5.74) is 3.89. The summed E-state index contributed by atoms with van der Waals surface area (Å²) in [5.74, 6) is -1.48. The topological polar surface area (TPSA) is 153 Å². The largest absolute Gasteiger partial charge is 0.480 e. The number of hydrogen-bond acceptors (Lipinski definition) is 6. The van der Waals surface area contributed by atoms with Gasteiger partial charge in [-0.05, 0) is 47.4 Å². The third kappa shape index (κ3) is 7.99. The van der Waals surface area contributed by atoms with Crippen molar-refractivity contribution in [2.75, 3.05) is 18.4 Å². The van der Waals surface area contributed by atoms with Crippen molar-refractivity contribution < 1.29 is 23.1 Å². The first-order valence-electron chi connectivity index (χ1n) is 12.4. The Balaban J connectivity index is 1.35. The van der Waals surface area contributed by atoms with E-state index < -0.39 is 22.0 Å². The van der Waals surface area contributed by atoms with Crippen molar-refractivity contribution in [1.29, 1.82) is 0 Å². The van der Waals surface area contributed by atoms with Crippen LogP contribution in [0, 0.1) is 0 Å². The SMILES string of the molecule is O=C(CNCCc1c[nH]cn1)Nc1cccc(-c2ccc(C[C@@H](NS(=O)(=O)c3ccccc3Cl)C(=O)O)cc2)c1. The van der Waals surface area contributed by atoms with Crippen LogP contribution in [0.4, 0.5) is 5.69 Å². The lowest BCUT2D eigenvalue weighted by Gasteiger charge is -2.16. The molecule has 1 aromatic heterocycles. The highest BCUT2D eigenvalue weighted by molar-refractivity contribution is 7.89. The maximum atomic E-state index is 12.7. The summed E-state index contributed by atoms with van der Waals surface area (Å²) in [6.45, 7) is 0.781. The summed E-state index contributed by atoms with van der Waals surface area (Å²) < 4.78 is 27.7. The maximum Gasteiger partial charge on any atom is 0.322 e. The molecule has 0 aliphatic carbocycles. The number of sulfonamides is 1. The van der Waals surface area contributed by atoms with Gasteiger partial charge in [-0.1, -0.05) is 60.1 Å². The van der Waals surface area contributed by atoms with E-state index in [0.29, 0.717) is 24.2 Å². The third-order valence-corrected chi connectivity index (χ3v) is 7.96. The molecule has 1 heterocycles. The lowest BCUT2D eigenvalue weighted by Crippen LogP contribution is -2.42. The molecule has 208 valence electrons. The number of carboxylic acid groups (broad SMARTS) is 1. The van der Waals surface area contributed by atoms with Crippen molar-refractivity contribution in [2.24, 2.45) is 0 Å². The Morgan fingerprint density at radius 1 is 1.00 bits per heavy atom. The summed E-state index contributed by atoms with van der Waals surface area (Å²) in [5, 5.41) is 15.6. The van der Waals surface area contributed by atoms with Gasteiger partial charge in [0.25, 0.3) is 0 Å². The van der Waals surface area contributed by atoms with Crippen molar-refractivity contribution in [3.05, 3.63) is 102 Å². The Kier molecular flexibility index (Phi) is 9.67. The van der Waals surface area contributed by atoms with Crippen LogP contribution in [0.3, 0.4) is 0 Å². The van der Waals surface area contributed by atoms with E-state index in [2.05, 4.69) is 25.3 Å². The molecule has 0 aliphatic rings. The van der Waals surface area contributed by atoms with E-state index in [4.69, 9.17) is 11.6 Å². The molecule has 0 aliphatic heterocycles. The molecule has 1 atom stereocenters. The Morgan fingerprint density at radius 2 is 1.77 bits per heavy atom. The average molecular weight is 582 g/mol. The number of hydrogen-bond donors (Lipinski definition) is 5. The molecule has 0 saturated carbocycles. The monoisotopic (exact) mass is 581 g/mol. The fourth-order valence-electron chi connectivity index (χ4n) is 3.99. The van der Waals surface area contributed by atoms with Crippen LogP contribution in [0.1, 0.15) is 11.3 Å². The maximum absolute atomic E-state index is 12.7. The summed E-state index contributed by atoms with van der Waals surface area (Å²) in [4.78, 5) is 31.0. The molecule has 0 saturated heterocycles. The second-order valence-electron chi connectivity index (χ2n) is 8.96. The number of rotatable bonds is 13. The van der Waals surface area contributed by atoms with E-state index in [1.807, 2.05) is 36.5 Å². The third-order valence-electron chi connectivity index (χ3n) is 5.99. The minimum absolute atomic E-state index is 0.00310. The number of halogens is 1. The van der Waals surface area contributed by atoms with Gasteiger partial charge in [0, 0.05) is 24.8 Å². The highest BCUT2D eigenvalue weighted by Crippen LogP contribution is 2.24. The van der Waals surface area contributed by atoms with E-state index in [1.54, 1.807) is 30.6 Å². The number of aromatic nitrogens is 2. The fourth-order valence-corrected chi connectivity index (χ4v) is 5.70. The van der Waals surface area contributed by atoms with Crippen LogP contribution >= 0.6 is 11.6 Å². The number of aliphatic carboxylic acids is 1. The van der Waals surface area contributed by atoms with Crippen LogP contribution in [0.25, 0.3) is 11.1 Å². The van der Waals surface area contributed by atoms with Crippen LogP contribution in [0.15, 0.2) is 90.2 Å². The second kappa shape index (κ2) is 13.4. The van der Waals surface area contributed by atoms with Crippen molar-refractivity contribution in [3.63, 3.8) is 0 Å². The Morgan fingerprint density at radius 3 is 2.48 bits per heavy atom. The molecule has 10 nitrogen and oxygen atoms in total. The van der Waals surface area contributed by atoms with Gasteiger partial charge in [-0.25, -0.2) is 13.4 Å². The highest BCUT2D eigenvalue weighted by atomic mass is 35.5. The fraction of sp³-hybridized carbons (Fsp3) is 0.179. The predicted octanol–water partition coefficient (Wildman–Crippen LogP) is 3.48. The van der Waals surface area contributed by atoms with E-state index >= 15 is 0 Å². The van der Waals surface area contributed by atoms with E-state index in [9.17, 15) is 23.1 Å². The molecular weight excluding hydrogens is 554 g/mol. The number of H-pyrrole nitrogens is 1. The van der Waals surface area contributed by atoms with Gasteiger partial charge < -0.3 is 20.7 Å². The zero-order valence-electron chi connectivity index (χ0n) is 21.3. The second-order valence-corrected chi connectivity index (χ2v) is 11.0. The molecule has 0 radical (unpaired) electrons. The standard InChI is InChI=1S/C28H28ClN5O5S/c29-24-6-1-2-7-26(24)40(38,39)34-25(28(36)37)14-19-8-10-20(11-9-19)21-4-3-5-22(15-21)33-27(35)17-30-13-12-23-16-31-18-32-23/h1-11,15-16,18,25,30,34H,12-14,17H2,(H,31,32)(H,33,35)(H,36,37)/t25-/m1/s1. The Labute approximate surface area is 236 Å². The molecule has 1 amide bonds. The van der Waals surface area contributed by atoms with Gasteiger partial charge in [-0.3, -0.25) is 9.59 Å². The lowest BCUT2D eigenvalue weighted by atomic mass is 10.0. The quantitative estimate of drug-likeness (QED) is 0.151. The van der Waals surface area contributed by atoms with Gasteiger partial charge in [0.15, 0.2) is 0 Å². The van der Waals surface area contributed by atoms with Crippen LogP contribution in [0.2, 0.25) is 5.02 Å². The van der Waals surface area contributed by atoms with Crippen molar-refractivity contribution >= 4 is 39.2 Å². The zero-order valence-corrected chi connectivity index (χ0v) is 22.9. The van der Waals surface area contributed by atoms with Crippen molar-refractivity contribution in [2.45, 2.75) is 23.8 Å². The number of carboxylic acids is 1. The first-order valence-corrected chi connectivity index (χ1v) is 14.2. The molecular formula is C28H28ClN5O5S. The van der Waals surface area contributed by atoms with Gasteiger partial charge >= 0.3 is 5.97 Å². The number of amides is 1. The predicted molar refractivity (Wildman–Crippen MR) is 153 cm³/mol. The minimum atomic E-state index is -4.14. The van der Waals surface area contributed by atoms with Crippen molar-refractivity contribution in [3.8, 4) is 11.1 Å². The number of aromatic amines is 1. The molecule has 0 unspecified atom stereocenters. The minimum Gasteiger partial charge on any atom is -0.480 e. The Hall–Kier alpha value is -4.03. The molecule has 40 heavy (non-hydrogen) atoms. The number of nitrogens with one attached hydrogen (secondary N) is 4. The van der Waals surface area contributed by atoms with Crippen LogP contribution in [-0.4, -0.2) is 54.5 Å². The molecule has 5 N–H and O–H groups in total. The number of carbonyl (C=O) groups is 2. The lowest BCUT2D eigenvalue weighted by molar-refractivity contribution is -0.138. The molecule has 4 rings (SSSR count). The zero-order chi connectivity index (χ0) is 28.5. The van der Waals surface area contributed by atoms with Gasteiger partial charge in [0.05, 0.1) is 23.6 Å². The number of benzene rings is 3. The summed E-state index contributed by atoms with van der Waals surface area (Å²) in [6.07, 6.45) is 4.07. The number of imidazole rings is 1. The average Bonchev–Trinajstić information content (AvgIpc) is 3.45. The van der Waals surface area contributed by atoms with Gasteiger partial charge in [-0.15, -0.1) is 0 Å². The summed E-state index contributed by atoms with van der Waals surface area (Å²) >= 11 is 6.00. The number of nitrogens with zero attached hydrogens (tertiary/aromatic N) is 1. The van der Waals surface area contributed by atoms with E-state index in [-0.39, 0.29) is 28.8 Å². The molecule has 3 aromatic carbocycles. The molecule has 0 fully saturated rings. The molecule has 0 bridgehead atoms. The molecule has 12 heteroatoms. The van der Waals surface area contributed by atoms with Crippen LogP contribution in [-0.2, 0) is 32.5 Å². The molecule has 4 aromatic rings. The molecule has 0 spiro atoms. The highest BCUT2D eigenvalue weighted by Gasteiger charge is 2.27. The summed E-state index contributed by atoms with van der Waals surface area (Å²) in [7, 11) is -4.14. The van der Waals surface area contributed by atoms with Crippen LogP contribution < -0.4 is 15.4 Å². The Bertz CT molecular complexity index is 1560. The van der Waals surface area contributed by atoms with Gasteiger partial charge in [0.1, 0.15) is 10.9 Å². The van der Waals surface area contributed by atoms with Gasteiger partial charge in [0.2, 0.25) is 15.9 Å². The van der Waals surface area contributed by atoms with Crippen molar-refractivity contribution in [1.82, 2.24) is 20.0 Å². The van der Waals surface area contributed by atoms with E-state index in [1.165, 1.54) is 18.2 Å². The first-order chi connectivity index (χ1) is 19.2. The smallest absolute Gasteiger partial charge is 0.322 e. The van der Waals surface area contributed by atoms with Gasteiger partial charge in [-0.2, -0.15) is 4.72 Å². The number of anilines is 1. The normalized spacial score (nSPS) is 12.1. The van der Waals surface area contributed by atoms with E-state index in [0.717, 1.165) is 16.8 Å². The van der Waals surface area contributed by atoms with Crippen LogP contribution in [0.5, 0.6) is 0 Å². The number of carbonyl (C=O) groups excluding carboxylic acids is 1.